The van der Waals surface area contributed by atoms with Crippen LogP contribution < -0.4 is 0 Å². The molecule has 0 aliphatic heterocycles. The van der Waals surface area contributed by atoms with E-state index >= 15 is 0 Å². The number of hydrogen-bond donors (Lipinski definition) is 0. The Morgan fingerprint density at radius 2 is 1.75 bits per heavy atom. The Bertz CT molecular complexity index is 515. The molecule has 0 aromatic heterocycles. The van der Waals surface area contributed by atoms with E-state index in [0.29, 0.717) is 11.8 Å². The van der Waals surface area contributed by atoms with Crippen LogP contribution in [0.4, 0.5) is 4.39 Å². The van der Waals surface area contributed by atoms with Crippen molar-refractivity contribution in [3.63, 3.8) is 0 Å². The third kappa shape index (κ3) is 1.87. The van der Waals surface area contributed by atoms with E-state index in [4.69, 9.17) is 0 Å². The van der Waals surface area contributed by atoms with E-state index in [9.17, 15) is 9.18 Å². The SMILES string of the molecule is Cc1ccc(-c2cccc(C=O)c2F)cc1. The minimum absolute atomic E-state index is 0.0954. The molecule has 0 aliphatic rings. The molecule has 2 aromatic carbocycles. The predicted molar refractivity (Wildman–Crippen MR) is 62.0 cm³/mol. The Morgan fingerprint density at radius 1 is 1.06 bits per heavy atom. The fraction of sp³-hybridized carbons (Fsp3) is 0.0714. The average Bonchev–Trinajstić information content (AvgIpc) is 2.31. The Hall–Kier alpha value is -1.96. The maximum atomic E-state index is 13.8. The number of aldehydes is 1. The van der Waals surface area contributed by atoms with Crippen molar-refractivity contribution >= 4 is 6.29 Å². The van der Waals surface area contributed by atoms with Crippen molar-refractivity contribution in [2.75, 3.05) is 0 Å². The second kappa shape index (κ2) is 4.27. The van der Waals surface area contributed by atoms with E-state index in [1.807, 2.05) is 31.2 Å². The zero-order valence-electron chi connectivity index (χ0n) is 8.91. The topological polar surface area (TPSA) is 17.1 Å². The van der Waals surface area contributed by atoms with Gasteiger partial charge in [0, 0.05) is 5.56 Å². The molecule has 0 N–H and O–H groups in total. The second-order valence-corrected chi connectivity index (χ2v) is 3.69. The van der Waals surface area contributed by atoms with E-state index in [2.05, 4.69) is 0 Å². The summed E-state index contributed by atoms with van der Waals surface area (Å²) < 4.78 is 13.8. The first kappa shape index (κ1) is 10.6. The molecule has 2 heteroatoms. The van der Waals surface area contributed by atoms with Crippen molar-refractivity contribution in [2.45, 2.75) is 6.92 Å². The second-order valence-electron chi connectivity index (χ2n) is 3.69. The van der Waals surface area contributed by atoms with Gasteiger partial charge < -0.3 is 0 Å². The summed E-state index contributed by atoms with van der Waals surface area (Å²) in [5.74, 6) is -0.457. The molecular formula is C14H11FO. The predicted octanol–water partition coefficient (Wildman–Crippen LogP) is 3.61. The van der Waals surface area contributed by atoms with Gasteiger partial charge >= 0.3 is 0 Å². The zero-order chi connectivity index (χ0) is 11.5. The van der Waals surface area contributed by atoms with Crippen molar-refractivity contribution in [3.8, 4) is 11.1 Å². The van der Waals surface area contributed by atoms with Gasteiger partial charge in [0.15, 0.2) is 6.29 Å². The van der Waals surface area contributed by atoms with Gasteiger partial charge in [-0.1, -0.05) is 42.0 Å². The third-order valence-electron chi connectivity index (χ3n) is 2.52. The Balaban J connectivity index is 2.56. The minimum atomic E-state index is -0.457. The molecule has 0 saturated carbocycles. The average molecular weight is 214 g/mol. The number of hydrogen-bond acceptors (Lipinski definition) is 1. The van der Waals surface area contributed by atoms with Crippen molar-refractivity contribution in [1.29, 1.82) is 0 Å². The molecule has 0 saturated heterocycles. The molecule has 0 unspecified atom stereocenters. The van der Waals surface area contributed by atoms with E-state index in [-0.39, 0.29) is 5.56 Å². The first-order valence-electron chi connectivity index (χ1n) is 5.03. The summed E-state index contributed by atoms with van der Waals surface area (Å²) in [6, 6.07) is 12.4. The van der Waals surface area contributed by atoms with Crippen LogP contribution >= 0.6 is 0 Å². The molecule has 0 bridgehead atoms. The van der Waals surface area contributed by atoms with Crippen molar-refractivity contribution < 1.29 is 9.18 Å². The van der Waals surface area contributed by atoms with Crippen LogP contribution in [-0.2, 0) is 0 Å². The van der Waals surface area contributed by atoms with Crippen molar-refractivity contribution in [3.05, 3.63) is 59.4 Å². The Kier molecular flexibility index (Phi) is 2.82. The van der Waals surface area contributed by atoms with Crippen LogP contribution in [0.3, 0.4) is 0 Å². The van der Waals surface area contributed by atoms with Crippen LogP contribution in [0.1, 0.15) is 15.9 Å². The summed E-state index contributed by atoms with van der Waals surface area (Å²) in [6.45, 7) is 1.97. The van der Waals surface area contributed by atoms with Crippen LogP contribution in [0.15, 0.2) is 42.5 Å². The summed E-state index contributed by atoms with van der Waals surface area (Å²) in [5, 5.41) is 0. The molecule has 0 spiro atoms. The molecular weight excluding hydrogens is 203 g/mol. The first-order valence-corrected chi connectivity index (χ1v) is 5.03. The molecule has 2 aromatic rings. The fourth-order valence-electron chi connectivity index (χ4n) is 1.60. The highest BCUT2D eigenvalue weighted by molar-refractivity contribution is 5.79. The van der Waals surface area contributed by atoms with Gasteiger partial charge in [-0.3, -0.25) is 4.79 Å². The van der Waals surface area contributed by atoms with Gasteiger partial charge in [0.25, 0.3) is 0 Å². The largest absolute Gasteiger partial charge is 0.298 e. The van der Waals surface area contributed by atoms with E-state index in [1.165, 1.54) is 6.07 Å². The molecule has 1 nitrogen and oxygen atoms in total. The normalized spacial score (nSPS) is 10.1. The molecule has 0 radical (unpaired) electrons. The van der Waals surface area contributed by atoms with Crippen molar-refractivity contribution in [1.82, 2.24) is 0 Å². The highest BCUT2D eigenvalue weighted by atomic mass is 19.1. The molecule has 0 aliphatic carbocycles. The minimum Gasteiger partial charge on any atom is -0.298 e. The molecule has 0 heterocycles. The number of carbonyl (C=O) groups excluding carboxylic acids is 1. The van der Waals surface area contributed by atoms with Gasteiger partial charge in [-0.15, -0.1) is 0 Å². The Morgan fingerprint density at radius 3 is 2.38 bits per heavy atom. The maximum absolute atomic E-state index is 13.8. The quantitative estimate of drug-likeness (QED) is 0.698. The molecule has 2 rings (SSSR count). The lowest BCUT2D eigenvalue weighted by molar-refractivity contribution is 0.112. The number of aryl methyl sites for hydroxylation is 1. The van der Waals surface area contributed by atoms with E-state index < -0.39 is 5.82 Å². The molecule has 0 amide bonds. The lowest BCUT2D eigenvalue weighted by Crippen LogP contribution is -1.91. The summed E-state index contributed by atoms with van der Waals surface area (Å²) in [7, 11) is 0. The lowest BCUT2D eigenvalue weighted by Gasteiger charge is -2.05. The van der Waals surface area contributed by atoms with Crippen LogP contribution in [-0.4, -0.2) is 6.29 Å². The van der Waals surface area contributed by atoms with Gasteiger partial charge in [-0.05, 0) is 18.6 Å². The summed E-state index contributed by atoms with van der Waals surface area (Å²) >= 11 is 0. The molecule has 16 heavy (non-hydrogen) atoms. The molecule has 0 atom stereocenters. The number of rotatable bonds is 2. The van der Waals surface area contributed by atoms with Gasteiger partial charge in [-0.25, -0.2) is 4.39 Å². The lowest BCUT2D eigenvalue weighted by atomic mass is 10.0. The highest BCUT2D eigenvalue weighted by Gasteiger charge is 2.08. The fourth-order valence-corrected chi connectivity index (χ4v) is 1.60. The van der Waals surface area contributed by atoms with Crippen LogP contribution in [0.25, 0.3) is 11.1 Å². The molecule has 80 valence electrons. The van der Waals surface area contributed by atoms with Crippen LogP contribution in [0.5, 0.6) is 0 Å². The zero-order valence-corrected chi connectivity index (χ0v) is 8.91. The summed E-state index contributed by atoms with van der Waals surface area (Å²) in [6.07, 6.45) is 0.535. The number of benzene rings is 2. The monoisotopic (exact) mass is 214 g/mol. The van der Waals surface area contributed by atoms with E-state index in [1.54, 1.807) is 12.1 Å². The van der Waals surface area contributed by atoms with Gasteiger partial charge in [-0.2, -0.15) is 0 Å². The molecule has 0 fully saturated rings. The smallest absolute Gasteiger partial charge is 0.153 e. The third-order valence-corrected chi connectivity index (χ3v) is 2.52. The van der Waals surface area contributed by atoms with Crippen molar-refractivity contribution in [2.24, 2.45) is 0 Å². The first-order chi connectivity index (χ1) is 7.72. The van der Waals surface area contributed by atoms with Gasteiger partial charge in [0.05, 0.1) is 5.56 Å². The van der Waals surface area contributed by atoms with Crippen LogP contribution in [0, 0.1) is 12.7 Å². The Labute approximate surface area is 93.5 Å². The number of halogens is 1. The van der Waals surface area contributed by atoms with Gasteiger partial charge in [0.1, 0.15) is 5.82 Å². The number of carbonyl (C=O) groups is 1. The maximum Gasteiger partial charge on any atom is 0.153 e. The summed E-state index contributed by atoms with van der Waals surface area (Å²) in [4.78, 5) is 10.6. The standard InChI is InChI=1S/C14H11FO/c1-10-5-7-11(8-6-10)13-4-2-3-12(9-16)14(13)15/h2-9H,1H3. The van der Waals surface area contributed by atoms with Gasteiger partial charge in [0.2, 0.25) is 0 Å². The summed E-state index contributed by atoms with van der Waals surface area (Å²) in [5.41, 5.74) is 2.46. The van der Waals surface area contributed by atoms with Crippen LogP contribution in [0.2, 0.25) is 0 Å². The van der Waals surface area contributed by atoms with E-state index in [0.717, 1.165) is 11.1 Å². The highest BCUT2D eigenvalue weighted by Crippen LogP contribution is 2.24.